The van der Waals surface area contributed by atoms with Gasteiger partial charge in [0.05, 0.1) is 15.6 Å². The number of non-ortho nitro benzene ring substituents is 1. The van der Waals surface area contributed by atoms with Crippen LogP contribution in [0.4, 0.5) is 11.4 Å². The van der Waals surface area contributed by atoms with E-state index in [1.165, 1.54) is 30.3 Å². The van der Waals surface area contributed by atoms with Crippen LogP contribution in [0, 0.1) is 10.1 Å². The van der Waals surface area contributed by atoms with Gasteiger partial charge in [0.1, 0.15) is 0 Å². The normalized spacial score (nSPS) is 10.4. The molecule has 0 fully saturated rings. The Hall–Kier alpha value is -3.72. The number of hydrazine groups is 1. The molecular weight excluding hydrogens is 400 g/mol. The molecule has 3 N–H and O–H groups in total. The summed E-state index contributed by atoms with van der Waals surface area (Å²) in [5.74, 6) is -1.54. The molecule has 3 amide bonds. The number of nitro groups is 1. The van der Waals surface area contributed by atoms with E-state index in [2.05, 4.69) is 16.2 Å². The highest BCUT2D eigenvalue weighted by Crippen LogP contribution is 2.20. The number of carbonyl (C=O) groups excluding carboxylic acids is 3. The zero-order valence-corrected chi connectivity index (χ0v) is 15.8. The first-order valence-electron chi connectivity index (χ1n) is 8.41. The van der Waals surface area contributed by atoms with E-state index in [0.29, 0.717) is 16.3 Å². The topological polar surface area (TPSA) is 130 Å². The molecule has 0 radical (unpaired) electrons. The number of benzene rings is 2. The van der Waals surface area contributed by atoms with Crippen LogP contribution in [0.3, 0.4) is 0 Å². The van der Waals surface area contributed by atoms with E-state index in [1.807, 2.05) is 0 Å². The Kier molecular flexibility index (Phi) is 7.87. The highest BCUT2D eigenvalue weighted by Gasteiger charge is 2.09. The van der Waals surface area contributed by atoms with Crippen LogP contribution < -0.4 is 16.2 Å². The first kappa shape index (κ1) is 21.6. The molecule has 0 aromatic heterocycles. The van der Waals surface area contributed by atoms with Gasteiger partial charge in [0.2, 0.25) is 11.8 Å². The van der Waals surface area contributed by atoms with Crippen molar-refractivity contribution in [3.05, 3.63) is 75.3 Å². The second-order valence-corrected chi connectivity index (χ2v) is 6.15. The average molecular weight is 417 g/mol. The van der Waals surface area contributed by atoms with E-state index in [0.717, 1.165) is 6.08 Å². The Morgan fingerprint density at radius 1 is 0.966 bits per heavy atom. The molecule has 2 rings (SSSR count). The number of para-hydroxylation sites is 1. The molecule has 0 aliphatic heterocycles. The molecule has 0 atom stereocenters. The minimum absolute atomic E-state index is 0.0579. The molecule has 2 aromatic carbocycles. The molecule has 0 aliphatic carbocycles. The third-order valence-electron chi connectivity index (χ3n) is 3.58. The number of halogens is 1. The molecule has 0 saturated carbocycles. The van der Waals surface area contributed by atoms with Crippen LogP contribution in [-0.2, 0) is 14.4 Å². The molecule has 9 nitrogen and oxygen atoms in total. The Morgan fingerprint density at radius 2 is 1.62 bits per heavy atom. The minimum atomic E-state index is -0.600. The quantitative estimate of drug-likeness (QED) is 0.363. The van der Waals surface area contributed by atoms with Gasteiger partial charge in [0.25, 0.3) is 11.6 Å². The van der Waals surface area contributed by atoms with Gasteiger partial charge >= 0.3 is 0 Å². The van der Waals surface area contributed by atoms with Gasteiger partial charge in [-0.3, -0.25) is 35.3 Å². The molecule has 0 saturated heterocycles. The van der Waals surface area contributed by atoms with Crippen molar-refractivity contribution in [1.82, 2.24) is 10.9 Å². The zero-order chi connectivity index (χ0) is 21.2. The molecular formula is C19H17ClN4O5. The van der Waals surface area contributed by atoms with E-state index < -0.39 is 22.6 Å². The van der Waals surface area contributed by atoms with Crippen molar-refractivity contribution in [2.45, 2.75) is 12.8 Å². The fraction of sp³-hybridized carbons (Fsp3) is 0.105. The summed E-state index contributed by atoms with van der Waals surface area (Å²) >= 11 is 5.93. The highest BCUT2D eigenvalue weighted by molar-refractivity contribution is 6.33. The Morgan fingerprint density at radius 3 is 2.28 bits per heavy atom. The fourth-order valence-electron chi connectivity index (χ4n) is 2.12. The van der Waals surface area contributed by atoms with Crippen molar-refractivity contribution in [3.8, 4) is 0 Å². The highest BCUT2D eigenvalue weighted by atomic mass is 35.5. The van der Waals surface area contributed by atoms with Crippen molar-refractivity contribution < 1.29 is 19.3 Å². The number of hydrogen-bond acceptors (Lipinski definition) is 5. The average Bonchev–Trinajstić information content (AvgIpc) is 2.71. The maximum Gasteiger partial charge on any atom is 0.269 e. The zero-order valence-electron chi connectivity index (χ0n) is 15.1. The first-order chi connectivity index (χ1) is 13.8. The van der Waals surface area contributed by atoms with Crippen LogP contribution >= 0.6 is 11.6 Å². The van der Waals surface area contributed by atoms with Gasteiger partial charge in [0.15, 0.2) is 0 Å². The number of carbonyl (C=O) groups is 3. The van der Waals surface area contributed by atoms with Crippen LogP contribution in [0.2, 0.25) is 5.02 Å². The van der Waals surface area contributed by atoms with Crippen LogP contribution in [0.25, 0.3) is 6.08 Å². The van der Waals surface area contributed by atoms with E-state index in [4.69, 9.17) is 11.6 Å². The number of nitro benzene ring substituents is 1. The summed E-state index contributed by atoms with van der Waals surface area (Å²) in [7, 11) is 0. The molecule has 0 bridgehead atoms. The van der Waals surface area contributed by atoms with Crippen molar-refractivity contribution in [1.29, 1.82) is 0 Å². The van der Waals surface area contributed by atoms with Crippen LogP contribution in [-0.4, -0.2) is 22.6 Å². The fourth-order valence-corrected chi connectivity index (χ4v) is 2.30. The van der Waals surface area contributed by atoms with Gasteiger partial charge in [-0.2, -0.15) is 0 Å². The van der Waals surface area contributed by atoms with E-state index in [9.17, 15) is 24.5 Å². The standard InChI is InChI=1S/C19H17ClN4O5/c20-15-3-1-2-4-16(15)21-17(25)11-12-19(27)23-22-18(26)10-7-13-5-8-14(9-6-13)24(28)29/h1-10H,11-12H2,(H,21,25)(H,22,26)(H,23,27)/b10-7+. The van der Waals surface area contributed by atoms with E-state index in [1.54, 1.807) is 24.3 Å². The molecule has 29 heavy (non-hydrogen) atoms. The summed E-state index contributed by atoms with van der Waals surface area (Å²) in [5.41, 5.74) is 5.33. The summed E-state index contributed by atoms with van der Waals surface area (Å²) in [4.78, 5) is 45.3. The van der Waals surface area contributed by atoms with E-state index in [-0.39, 0.29) is 18.5 Å². The van der Waals surface area contributed by atoms with Gasteiger partial charge in [-0.15, -0.1) is 0 Å². The molecule has 0 aliphatic rings. The first-order valence-corrected chi connectivity index (χ1v) is 8.78. The maximum atomic E-state index is 11.8. The summed E-state index contributed by atoms with van der Waals surface area (Å²) in [6.45, 7) is 0. The number of nitrogens with zero attached hydrogens (tertiary/aromatic N) is 1. The van der Waals surface area contributed by atoms with Gasteiger partial charge < -0.3 is 5.32 Å². The Balaban J connectivity index is 1.71. The Labute approximate surface area is 170 Å². The lowest BCUT2D eigenvalue weighted by molar-refractivity contribution is -0.384. The number of rotatable bonds is 7. The predicted molar refractivity (Wildman–Crippen MR) is 108 cm³/mol. The summed E-state index contributed by atoms with van der Waals surface area (Å²) < 4.78 is 0. The van der Waals surface area contributed by atoms with E-state index >= 15 is 0 Å². The minimum Gasteiger partial charge on any atom is -0.325 e. The third-order valence-corrected chi connectivity index (χ3v) is 3.91. The number of nitrogens with one attached hydrogen (secondary N) is 3. The SMILES string of the molecule is O=C(/C=C/c1ccc([N+](=O)[O-])cc1)NNC(=O)CCC(=O)Nc1ccccc1Cl. The van der Waals surface area contributed by atoms with Gasteiger partial charge in [0, 0.05) is 31.1 Å². The lowest BCUT2D eigenvalue weighted by Crippen LogP contribution is -2.41. The molecule has 10 heteroatoms. The number of anilines is 1. The van der Waals surface area contributed by atoms with Crippen molar-refractivity contribution in [2.24, 2.45) is 0 Å². The smallest absolute Gasteiger partial charge is 0.269 e. The predicted octanol–water partition coefficient (Wildman–Crippen LogP) is 2.83. The van der Waals surface area contributed by atoms with Crippen molar-refractivity contribution in [3.63, 3.8) is 0 Å². The Bertz CT molecular complexity index is 944. The monoisotopic (exact) mass is 416 g/mol. The summed E-state index contributed by atoms with van der Waals surface area (Å²) in [6.07, 6.45) is 2.36. The number of amides is 3. The van der Waals surface area contributed by atoms with Crippen molar-refractivity contribution in [2.75, 3.05) is 5.32 Å². The largest absolute Gasteiger partial charge is 0.325 e. The molecule has 0 spiro atoms. The lowest BCUT2D eigenvalue weighted by atomic mass is 10.2. The van der Waals surface area contributed by atoms with Crippen LogP contribution in [0.5, 0.6) is 0 Å². The molecule has 150 valence electrons. The van der Waals surface area contributed by atoms with Gasteiger partial charge in [-0.05, 0) is 35.9 Å². The molecule has 2 aromatic rings. The molecule has 0 unspecified atom stereocenters. The molecule has 0 heterocycles. The lowest BCUT2D eigenvalue weighted by Gasteiger charge is -2.07. The summed E-state index contributed by atoms with van der Waals surface area (Å²) in [5, 5.41) is 13.6. The maximum absolute atomic E-state index is 11.8. The second-order valence-electron chi connectivity index (χ2n) is 5.75. The van der Waals surface area contributed by atoms with Crippen molar-refractivity contribution >= 4 is 46.8 Å². The van der Waals surface area contributed by atoms with Crippen LogP contribution in [0.15, 0.2) is 54.6 Å². The van der Waals surface area contributed by atoms with Gasteiger partial charge in [-0.1, -0.05) is 23.7 Å². The second kappa shape index (κ2) is 10.6. The van der Waals surface area contributed by atoms with Crippen LogP contribution in [0.1, 0.15) is 18.4 Å². The summed E-state index contributed by atoms with van der Waals surface area (Å²) in [6, 6.07) is 12.3. The number of hydrogen-bond donors (Lipinski definition) is 3. The van der Waals surface area contributed by atoms with Gasteiger partial charge in [-0.25, -0.2) is 0 Å². The third kappa shape index (κ3) is 7.43.